The second-order valence-electron chi connectivity index (χ2n) is 4.65. The number of hydrogen-bond acceptors (Lipinski definition) is 1. The molecule has 1 heteroatoms. The van der Waals surface area contributed by atoms with Gasteiger partial charge in [-0.1, -0.05) is 68.7 Å². The molecule has 99 valence electrons. The lowest BCUT2D eigenvalue weighted by Gasteiger charge is -2.04. The van der Waals surface area contributed by atoms with Crippen molar-refractivity contribution in [1.29, 1.82) is 0 Å². The third kappa shape index (κ3) is 4.76. The molecule has 0 unspecified atom stereocenters. The van der Waals surface area contributed by atoms with Crippen LogP contribution in [0.25, 0.3) is 11.1 Å². The Balaban J connectivity index is 1.85. The molecule has 0 heterocycles. The standard InChI is InChI=1S/C18H21S/c1-2-3-4-8-15-19-18-13-11-17(12-14-18)16-9-6-5-7-10-16/h5-7,9-14H,1-4,8,15H2. The van der Waals surface area contributed by atoms with Gasteiger partial charge in [0.1, 0.15) is 0 Å². The largest absolute Gasteiger partial charge is 0.126 e. The Morgan fingerprint density at radius 3 is 2.11 bits per heavy atom. The van der Waals surface area contributed by atoms with E-state index in [1.54, 1.807) is 0 Å². The Kier molecular flexibility index (Phi) is 6.03. The first-order valence-corrected chi connectivity index (χ1v) is 7.96. The minimum absolute atomic E-state index is 1.07. The van der Waals surface area contributed by atoms with E-state index < -0.39 is 0 Å². The molecule has 0 bridgehead atoms. The molecule has 0 aromatic heterocycles. The van der Waals surface area contributed by atoms with E-state index >= 15 is 0 Å². The van der Waals surface area contributed by atoms with Gasteiger partial charge in [0.25, 0.3) is 0 Å². The van der Waals surface area contributed by atoms with E-state index in [2.05, 4.69) is 61.5 Å². The zero-order valence-corrected chi connectivity index (χ0v) is 12.2. The van der Waals surface area contributed by atoms with Crippen molar-refractivity contribution in [3.05, 3.63) is 61.5 Å². The molecule has 0 nitrogen and oxygen atoms in total. The molecule has 0 aliphatic rings. The lowest BCUT2D eigenvalue weighted by Crippen LogP contribution is -1.82. The van der Waals surface area contributed by atoms with Gasteiger partial charge in [0.2, 0.25) is 0 Å². The van der Waals surface area contributed by atoms with Crippen LogP contribution in [0.15, 0.2) is 59.5 Å². The highest BCUT2D eigenvalue weighted by Crippen LogP contribution is 2.24. The van der Waals surface area contributed by atoms with Crippen LogP contribution < -0.4 is 0 Å². The Labute approximate surface area is 121 Å². The summed E-state index contributed by atoms with van der Waals surface area (Å²) >= 11 is 1.95. The highest BCUT2D eigenvalue weighted by Gasteiger charge is 1.98. The fourth-order valence-corrected chi connectivity index (χ4v) is 2.93. The molecule has 0 amide bonds. The van der Waals surface area contributed by atoms with E-state index in [0.29, 0.717) is 0 Å². The monoisotopic (exact) mass is 269 g/mol. The first-order valence-electron chi connectivity index (χ1n) is 6.97. The Hall–Kier alpha value is -1.21. The summed E-state index contributed by atoms with van der Waals surface area (Å²) in [4.78, 5) is 1.37. The molecule has 0 aliphatic heterocycles. The molecule has 1 radical (unpaired) electrons. The normalized spacial score (nSPS) is 10.6. The van der Waals surface area contributed by atoms with E-state index in [9.17, 15) is 0 Å². The third-order valence-electron chi connectivity index (χ3n) is 3.12. The Morgan fingerprint density at radius 1 is 0.737 bits per heavy atom. The molecule has 2 aromatic carbocycles. The van der Waals surface area contributed by atoms with Gasteiger partial charge in [-0.25, -0.2) is 0 Å². The average Bonchev–Trinajstić information content (AvgIpc) is 2.49. The second-order valence-corrected chi connectivity index (χ2v) is 5.82. The van der Waals surface area contributed by atoms with Crippen LogP contribution in [0.4, 0.5) is 0 Å². The number of benzene rings is 2. The van der Waals surface area contributed by atoms with Gasteiger partial charge in [0.05, 0.1) is 0 Å². The average molecular weight is 269 g/mol. The molecule has 2 rings (SSSR count). The van der Waals surface area contributed by atoms with Gasteiger partial charge in [0.15, 0.2) is 0 Å². The lowest BCUT2D eigenvalue weighted by atomic mass is 10.1. The van der Waals surface area contributed by atoms with E-state index in [1.807, 2.05) is 11.8 Å². The number of thioether (sulfide) groups is 1. The minimum Gasteiger partial charge on any atom is -0.126 e. The van der Waals surface area contributed by atoms with Gasteiger partial charge in [-0.3, -0.25) is 0 Å². The van der Waals surface area contributed by atoms with Gasteiger partial charge in [-0.2, -0.15) is 0 Å². The van der Waals surface area contributed by atoms with Crippen molar-refractivity contribution in [1.82, 2.24) is 0 Å². The number of rotatable bonds is 7. The molecule has 19 heavy (non-hydrogen) atoms. The molecule has 2 aromatic rings. The van der Waals surface area contributed by atoms with E-state index in [1.165, 1.54) is 41.0 Å². The number of hydrogen-bond donors (Lipinski definition) is 0. The summed E-state index contributed by atoms with van der Waals surface area (Å²) in [5.74, 6) is 1.21. The van der Waals surface area contributed by atoms with Crippen molar-refractivity contribution in [3.8, 4) is 11.1 Å². The van der Waals surface area contributed by atoms with Crippen LogP contribution in [0.2, 0.25) is 0 Å². The van der Waals surface area contributed by atoms with Crippen molar-refractivity contribution < 1.29 is 0 Å². The Bertz CT molecular complexity index is 459. The summed E-state index contributed by atoms with van der Waals surface area (Å²) in [6.45, 7) is 3.87. The minimum atomic E-state index is 1.07. The van der Waals surface area contributed by atoms with Crippen LogP contribution in [-0.2, 0) is 0 Å². The zero-order chi connectivity index (χ0) is 13.3. The lowest BCUT2D eigenvalue weighted by molar-refractivity contribution is 0.733. The first kappa shape index (κ1) is 14.2. The molecule has 0 saturated heterocycles. The molecular weight excluding hydrogens is 248 g/mol. The van der Waals surface area contributed by atoms with Gasteiger partial charge >= 0.3 is 0 Å². The summed E-state index contributed by atoms with van der Waals surface area (Å²) in [7, 11) is 0. The summed E-state index contributed by atoms with van der Waals surface area (Å²) in [6, 6.07) is 19.4. The summed E-state index contributed by atoms with van der Waals surface area (Å²) < 4.78 is 0. The van der Waals surface area contributed by atoms with Crippen molar-refractivity contribution >= 4 is 11.8 Å². The molecular formula is C18H21S. The predicted molar refractivity (Wildman–Crippen MR) is 86.4 cm³/mol. The van der Waals surface area contributed by atoms with Crippen LogP contribution in [0.3, 0.4) is 0 Å². The fourth-order valence-electron chi connectivity index (χ4n) is 2.02. The van der Waals surface area contributed by atoms with Crippen LogP contribution in [-0.4, -0.2) is 5.75 Å². The summed E-state index contributed by atoms with van der Waals surface area (Å²) in [5.41, 5.74) is 2.58. The van der Waals surface area contributed by atoms with Crippen LogP contribution in [0, 0.1) is 6.92 Å². The smallest absolute Gasteiger partial charge is 0.00723 e. The maximum Gasteiger partial charge on any atom is 0.00723 e. The SMILES string of the molecule is [CH2]CCCCCSc1ccc(-c2ccccc2)cc1. The van der Waals surface area contributed by atoms with Crippen LogP contribution >= 0.6 is 11.8 Å². The summed E-state index contributed by atoms with van der Waals surface area (Å²) in [6.07, 6.45) is 4.92. The quantitative estimate of drug-likeness (QED) is 0.449. The molecule has 0 aliphatic carbocycles. The molecule has 0 N–H and O–H groups in total. The van der Waals surface area contributed by atoms with Crippen LogP contribution in [0.1, 0.15) is 25.7 Å². The van der Waals surface area contributed by atoms with Crippen LogP contribution in [0.5, 0.6) is 0 Å². The van der Waals surface area contributed by atoms with Crippen molar-refractivity contribution in [2.45, 2.75) is 30.6 Å². The highest BCUT2D eigenvalue weighted by molar-refractivity contribution is 7.99. The van der Waals surface area contributed by atoms with Crippen molar-refractivity contribution in [2.75, 3.05) is 5.75 Å². The molecule has 0 fully saturated rings. The van der Waals surface area contributed by atoms with Gasteiger partial charge < -0.3 is 0 Å². The second kappa shape index (κ2) is 8.06. The fraction of sp³-hybridized carbons (Fsp3) is 0.278. The van der Waals surface area contributed by atoms with E-state index in [-0.39, 0.29) is 0 Å². The van der Waals surface area contributed by atoms with Gasteiger partial charge in [-0.05, 0) is 35.4 Å². The topological polar surface area (TPSA) is 0 Å². The van der Waals surface area contributed by atoms with Crippen molar-refractivity contribution in [2.24, 2.45) is 0 Å². The maximum absolute atomic E-state index is 3.87. The predicted octanol–water partition coefficient (Wildman–Crippen LogP) is 5.84. The van der Waals surface area contributed by atoms with Gasteiger partial charge in [0, 0.05) is 4.90 Å². The molecule has 0 saturated carbocycles. The zero-order valence-electron chi connectivity index (χ0n) is 11.3. The summed E-state index contributed by atoms with van der Waals surface area (Å²) in [5, 5.41) is 0. The first-order chi connectivity index (χ1) is 9.40. The maximum atomic E-state index is 3.87. The third-order valence-corrected chi connectivity index (χ3v) is 4.22. The molecule has 0 atom stereocenters. The highest BCUT2D eigenvalue weighted by atomic mass is 32.2. The van der Waals surface area contributed by atoms with E-state index in [0.717, 1.165) is 6.42 Å². The van der Waals surface area contributed by atoms with Gasteiger partial charge in [-0.15, -0.1) is 11.8 Å². The van der Waals surface area contributed by atoms with Crippen molar-refractivity contribution in [3.63, 3.8) is 0 Å². The Morgan fingerprint density at radius 2 is 1.42 bits per heavy atom. The van der Waals surface area contributed by atoms with E-state index in [4.69, 9.17) is 0 Å². The number of unbranched alkanes of at least 4 members (excludes halogenated alkanes) is 3. The molecule has 0 spiro atoms.